The molecule has 10 nitrogen and oxygen atoms in total. The number of azo groups is 1. The van der Waals surface area contributed by atoms with Gasteiger partial charge in [-0.15, -0.1) is 0 Å². The third-order valence-electron chi connectivity index (χ3n) is 8.78. The first-order valence-corrected chi connectivity index (χ1v) is 16.2. The number of nitrogens with one attached hydrogen (secondary N) is 1. The summed E-state index contributed by atoms with van der Waals surface area (Å²) in [7, 11) is 0. The van der Waals surface area contributed by atoms with Crippen LogP contribution in [0, 0.1) is 0 Å². The van der Waals surface area contributed by atoms with E-state index in [0.717, 1.165) is 27.9 Å². The van der Waals surface area contributed by atoms with Crippen LogP contribution >= 0.6 is 0 Å². The molecule has 0 spiro atoms. The second-order valence-corrected chi connectivity index (χ2v) is 14.9. The lowest BCUT2D eigenvalue weighted by atomic mass is 9.70. The number of anilines is 3. The fourth-order valence-corrected chi connectivity index (χ4v) is 5.80. The van der Waals surface area contributed by atoms with E-state index >= 15 is 0 Å². The van der Waals surface area contributed by atoms with E-state index in [-0.39, 0.29) is 28.6 Å². The highest BCUT2D eigenvalue weighted by molar-refractivity contribution is 6.07. The van der Waals surface area contributed by atoms with E-state index < -0.39 is 5.41 Å². The fourth-order valence-electron chi connectivity index (χ4n) is 5.80. The number of fused-ring (bicyclic) bond motifs is 2. The maximum Gasteiger partial charge on any atom is 0.259 e. The zero-order valence-corrected chi connectivity index (χ0v) is 29.2. The van der Waals surface area contributed by atoms with E-state index in [1.807, 2.05) is 54.6 Å². The van der Waals surface area contributed by atoms with Crippen LogP contribution in [0.4, 0.5) is 29.0 Å². The largest absolute Gasteiger partial charge is 0.455 e. The van der Waals surface area contributed by atoms with E-state index in [2.05, 4.69) is 98.0 Å². The van der Waals surface area contributed by atoms with Crippen LogP contribution in [0.2, 0.25) is 0 Å². The normalized spacial score (nSPS) is 13.8. The molecule has 0 unspecified atom stereocenters. The number of hydrogen-bond acceptors (Lipinski definition) is 9. The highest BCUT2D eigenvalue weighted by atomic mass is 16.5. The molecule has 0 saturated heterocycles. The van der Waals surface area contributed by atoms with Crippen LogP contribution in [-0.2, 0) is 16.2 Å². The van der Waals surface area contributed by atoms with Gasteiger partial charge in [-0.2, -0.15) is 25.2 Å². The van der Waals surface area contributed by atoms with Crippen molar-refractivity contribution in [3.05, 3.63) is 107 Å². The predicted octanol–water partition coefficient (Wildman–Crippen LogP) is 9.40. The number of ether oxygens (including phenoxy) is 1. The maximum absolute atomic E-state index is 14.2. The van der Waals surface area contributed by atoms with Gasteiger partial charge in [0.1, 0.15) is 11.5 Å². The minimum atomic E-state index is -0.579. The summed E-state index contributed by atoms with van der Waals surface area (Å²) in [6.45, 7) is 17.2. The number of benzene rings is 4. The summed E-state index contributed by atoms with van der Waals surface area (Å²) in [6, 6.07) is 25.0. The smallest absolute Gasteiger partial charge is 0.259 e. The third kappa shape index (κ3) is 6.72. The topological polar surface area (TPSA) is 154 Å². The molecule has 0 fully saturated rings. The number of carbonyl (C=O) groups excluding carboxylic acids is 1. The number of rotatable bonds is 5. The number of aromatic nitrogens is 3. The Kier molecular flexibility index (Phi) is 8.22. The summed E-state index contributed by atoms with van der Waals surface area (Å²) in [6.07, 6.45) is 0. The van der Waals surface area contributed by atoms with Crippen molar-refractivity contribution >= 4 is 34.9 Å². The molecule has 1 aliphatic heterocycles. The molecular weight excluding hydrogens is 612 g/mol. The molecule has 0 atom stereocenters. The number of carbonyl (C=O) groups is 1. The Hall–Kier alpha value is -5.64. The van der Waals surface area contributed by atoms with Gasteiger partial charge >= 0.3 is 0 Å². The fraction of sp³-hybridized carbons (Fsp3) is 0.282. The molecule has 0 saturated carbocycles. The molecule has 0 radical (unpaired) electrons. The van der Waals surface area contributed by atoms with Crippen molar-refractivity contribution in [1.29, 1.82) is 0 Å². The summed E-state index contributed by atoms with van der Waals surface area (Å²) in [5, 5.41) is 11.7. The summed E-state index contributed by atoms with van der Waals surface area (Å²) in [5.41, 5.74) is 18.0. The molecular formula is C39H42N8O2. The summed E-state index contributed by atoms with van der Waals surface area (Å²) < 4.78 is 6.83. The lowest BCUT2D eigenvalue weighted by Gasteiger charge is -2.38. The third-order valence-corrected chi connectivity index (χ3v) is 8.78. The van der Waals surface area contributed by atoms with Crippen molar-refractivity contribution in [2.45, 2.75) is 71.6 Å². The Morgan fingerprint density at radius 3 is 1.82 bits per heavy atom. The number of hydrogen-bond donors (Lipinski definition) is 3. The first kappa shape index (κ1) is 33.3. The number of nitrogens with two attached hydrogens (primary N) is 2. The molecule has 1 aliphatic rings. The molecule has 4 aromatic carbocycles. The van der Waals surface area contributed by atoms with Gasteiger partial charge in [0.25, 0.3) is 5.91 Å². The monoisotopic (exact) mass is 654 g/mol. The molecule has 10 heteroatoms. The van der Waals surface area contributed by atoms with Crippen molar-refractivity contribution in [1.82, 2.24) is 15.0 Å². The molecule has 1 aromatic heterocycles. The van der Waals surface area contributed by atoms with Gasteiger partial charge in [-0.1, -0.05) is 85.7 Å². The van der Waals surface area contributed by atoms with Crippen LogP contribution in [0.3, 0.4) is 0 Å². The minimum absolute atomic E-state index is 0.00956. The van der Waals surface area contributed by atoms with Crippen LogP contribution in [-0.4, -0.2) is 20.9 Å². The van der Waals surface area contributed by atoms with Gasteiger partial charge in [-0.05, 0) is 70.5 Å². The predicted molar refractivity (Wildman–Crippen MR) is 195 cm³/mol. The first-order chi connectivity index (χ1) is 23.0. The standard InChI is InChI=1S/C39H42N8O2/c1-37(2,3)22-18-27(33-43-35(40)45-36(41)44-33)31-29(20-22)39(7,8)30-21-23(38(4,5)6)19-28(32(30)49-31)34(48)42-24-14-16-26(17-15-24)47-46-25-12-10-9-11-13-25/h9-21H,1-8H3,(H,42,48)(H4,40,41,43,44,45). The molecule has 5 aromatic rings. The summed E-state index contributed by atoms with van der Waals surface area (Å²) >= 11 is 0. The van der Waals surface area contributed by atoms with Crippen molar-refractivity contribution in [2.24, 2.45) is 10.2 Å². The Morgan fingerprint density at radius 1 is 0.714 bits per heavy atom. The zero-order valence-electron chi connectivity index (χ0n) is 29.2. The SMILES string of the molecule is CC(C)(C)c1cc(C(=O)Nc2ccc(N=Nc3ccccc3)cc2)c2c(c1)C(C)(C)c1cc(C(C)(C)C)cc(-c3nc(N)nc(N)n3)c1O2. The molecule has 1 amide bonds. The highest BCUT2D eigenvalue weighted by Crippen LogP contribution is 2.54. The van der Waals surface area contributed by atoms with Crippen molar-refractivity contribution in [3.63, 3.8) is 0 Å². The van der Waals surface area contributed by atoms with Crippen LogP contribution in [0.25, 0.3) is 11.4 Å². The molecule has 6 rings (SSSR count). The van der Waals surface area contributed by atoms with Crippen molar-refractivity contribution in [3.8, 4) is 22.9 Å². The van der Waals surface area contributed by atoms with E-state index in [1.165, 1.54) is 0 Å². The molecule has 250 valence electrons. The lowest BCUT2D eigenvalue weighted by molar-refractivity contribution is 0.102. The molecule has 2 heterocycles. The minimum Gasteiger partial charge on any atom is -0.455 e. The van der Waals surface area contributed by atoms with Gasteiger partial charge in [0.2, 0.25) is 11.9 Å². The number of nitrogens with zero attached hydrogens (tertiary/aromatic N) is 5. The van der Waals surface area contributed by atoms with Gasteiger partial charge in [-0.3, -0.25) is 4.79 Å². The van der Waals surface area contributed by atoms with Gasteiger partial charge < -0.3 is 21.5 Å². The summed E-state index contributed by atoms with van der Waals surface area (Å²) in [4.78, 5) is 27.1. The zero-order chi connectivity index (χ0) is 35.3. The average molecular weight is 655 g/mol. The van der Waals surface area contributed by atoms with Crippen LogP contribution in [0.15, 0.2) is 89.1 Å². The van der Waals surface area contributed by atoms with Gasteiger partial charge in [0.15, 0.2) is 5.82 Å². The molecule has 5 N–H and O–H groups in total. The Morgan fingerprint density at radius 2 is 1.24 bits per heavy atom. The summed E-state index contributed by atoms with van der Waals surface area (Å²) in [5.74, 6) is 1.03. The molecule has 0 aliphatic carbocycles. The quantitative estimate of drug-likeness (QED) is 0.160. The van der Waals surface area contributed by atoms with Crippen LogP contribution in [0.1, 0.15) is 88.0 Å². The average Bonchev–Trinajstić information content (AvgIpc) is 3.03. The first-order valence-electron chi connectivity index (χ1n) is 16.2. The highest BCUT2D eigenvalue weighted by Gasteiger charge is 2.40. The van der Waals surface area contributed by atoms with Crippen LogP contribution in [0.5, 0.6) is 11.5 Å². The lowest BCUT2D eigenvalue weighted by Crippen LogP contribution is -2.29. The number of nitrogen functional groups attached to an aromatic ring is 2. The van der Waals surface area contributed by atoms with E-state index in [1.54, 1.807) is 12.1 Å². The van der Waals surface area contributed by atoms with Crippen LogP contribution < -0.4 is 21.5 Å². The van der Waals surface area contributed by atoms with Gasteiger partial charge in [0, 0.05) is 22.2 Å². The van der Waals surface area contributed by atoms with E-state index in [0.29, 0.717) is 39.8 Å². The molecule has 49 heavy (non-hydrogen) atoms. The van der Waals surface area contributed by atoms with Gasteiger partial charge in [0.05, 0.1) is 22.5 Å². The maximum atomic E-state index is 14.2. The second-order valence-electron chi connectivity index (χ2n) is 14.9. The molecule has 0 bridgehead atoms. The van der Waals surface area contributed by atoms with E-state index in [9.17, 15) is 4.79 Å². The second kappa shape index (κ2) is 12.1. The van der Waals surface area contributed by atoms with Crippen molar-refractivity contribution < 1.29 is 9.53 Å². The van der Waals surface area contributed by atoms with E-state index in [4.69, 9.17) is 16.2 Å². The Labute approximate surface area is 287 Å². The Balaban J connectivity index is 1.45. The number of amides is 1. The van der Waals surface area contributed by atoms with Crippen molar-refractivity contribution in [2.75, 3.05) is 16.8 Å². The Bertz CT molecular complexity index is 2070. The van der Waals surface area contributed by atoms with Gasteiger partial charge in [-0.25, -0.2) is 0 Å².